The molecule has 0 spiro atoms. The van der Waals surface area contributed by atoms with E-state index in [1.807, 2.05) is 22.2 Å². The van der Waals surface area contributed by atoms with E-state index in [9.17, 15) is 9.13 Å². The number of hydrogen-bond donors (Lipinski definition) is 0. The molecule has 2 heterocycles. The van der Waals surface area contributed by atoms with Crippen LogP contribution in [0.15, 0.2) is 38.1 Å². The fourth-order valence-electron chi connectivity index (χ4n) is 1.44. The molecule has 0 amide bonds. The van der Waals surface area contributed by atoms with Gasteiger partial charge in [-0.1, -0.05) is 0 Å². The zero-order valence-electron chi connectivity index (χ0n) is 16.1. The number of thiophene rings is 2. The second-order valence-electron chi connectivity index (χ2n) is 4.32. The summed E-state index contributed by atoms with van der Waals surface area (Å²) in [5.41, 5.74) is 0. The Labute approximate surface area is 198 Å². The van der Waals surface area contributed by atoms with Crippen LogP contribution in [0.5, 0.6) is 0 Å². The van der Waals surface area contributed by atoms with Crippen molar-refractivity contribution in [2.24, 2.45) is 0 Å². The van der Waals surface area contributed by atoms with E-state index in [4.69, 9.17) is 9.05 Å². The van der Waals surface area contributed by atoms with Crippen LogP contribution in [0.4, 0.5) is 0 Å². The molecule has 2 aromatic rings. The first-order valence-electron chi connectivity index (χ1n) is 8.26. The number of halogens is 1. The molecule has 28 heavy (non-hydrogen) atoms. The Balaban J connectivity index is 0. The molecular weight excluding hydrogens is 601 g/mol. The molecular formula is C16H26BrO6P2PdS2+. The average molecular weight is 627 g/mol. The van der Waals surface area contributed by atoms with Crippen molar-refractivity contribution in [1.29, 1.82) is 0 Å². The fraction of sp³-hybridized carbons (Fsp3) is 0.500. The van der Waals surface area contributed by atoms with E-state index in [0.29, 0.717) is 31.7 Å². The fourth-order valence-corrected chi connectivity index (χ4v) is 5.71. The molecule has 0 bridgehead atoms. The molecule has 0 aromatic carbocycles. The minimum Gasteiger partial charge on any atom is -0.305 e. The summed E-state index contributed by atoms with van der Waals surface area (Å²) in [6, 6.07) is 3.79. The minimum atomic E-state index is -3.01. The van der Waals surface area contributed by atoms with E-state index in [2.05, 4.69) is 25.0 Å². The maximum absolute atomic E-state index is 12.0. The number of hydrogen-bond acceptors (Lipinski definition) is 8. The van der Waals surface area contributed by atoms with Crippen molar-refractivity contribution in [3.05, 3.63) is 38.1 Å². The second-order valence-corrected chi connectivity index (χ2v) is 9.78. The van der Waals surface area contributed by atoms with Gasteiger partial charge in [-0.05, 0) is 66.5 Å². The third kappa shape index (κ3) is 14.7. The van der Waals surface area contributed by atoms with Crippen LogP contribution in [-0.4, -0.2) is 26.4 Å². The maximum Gasteiger partial charge on any atom is 0.697 e. The van der Waals surface area contributed by atoms with E-state index in [1.54, 1.807) is 50.5 Å². The topological polar surface area (TPSA) is 71.1 Å². The van der Waals surface area contributed by atoms with E-state index in [1.165, 1.54) is 15.8 Å². The van der Waals surface area contributed by atoms with Gasteiger partial charge in [-0.25, -0.2) is 0 Å². The van der Waals surface area contributed by atoms with Crippen molar-refractivity contribution in [3.8, 4) is 0 Å². The van der Waals surface area contributed by atoms with Crippen LogP contribution < -0.4 is 5.30 Å². The Morgan fingerprint density at radius 1 is 0.929 bits per heavy atom. The van der Waals surface area contributed by atoms with Crippen LogP contribution in [-0.2, 0) is 47.6 Å². The molecule has 0 saturated carbocycles. The van der Waals surface area contributed by atoms with Crippen LogP contribution >= 0.6 is 54.5 Å². The van der Waals surface area contributed by atoms with Crippen molar-refractivity contribution in [2.45, 2.75) is 27.7 Å². The van der Waals surface area contributed by atoms with E-state index < -0.39 is 15.9 Å². The van der Waals surface area contributed by atoms with Gasteiger partial charge < -0.3 is 9.05 Å². The van der Waals surface area contributed by atoms with Gasteiger partial charge >= 0.3 is 15.9 Å². The first-order chi connectivity index (χ1) is 12.9. The average Bonchev–Trinajstić information content (AvgIpc) is 3.31. The van der Waals surface area contributed by atoms with Crippen molar-refractivity contribution in [1.82, 2.24) is 0 Å². The Morgan fingerprint density at radius 3 is 1.71 bits per heavy atom. The molecule has 12 heteroatoms. The normalized spacial score (nSPS) is 10.0. The standard InChI is InChI=1S/C8H13O3PS.C4H3BrS.C4H10O3P.Pd/c1-3-10-12(9,11-4-2)8-5-6-13-7-8;5-4-1-2-6-3-4;1-3-6-8(5)7-4-2;/h5-7H,3-4H2,1-2H3;1-3H;3-4H2,1-2H3;/q;;+1;. The van der Waals surface area contributed by atoms with Gasteiger partial charge in [0.15, 0.2) is 0 Å². The molecule has 0 saturated heterocycles. The summed E-state index contributed by atoms with van der Waals surface area (Å²) in [5, 5.41) is 8.39. The summed E-state index contributed by atoms with van der Waals surface area (Å²) < 4.78 is 43.0. The van der Waals surface area contributed by atoms with Crippen LogP contribution in [0.2, 0.25) is 0 Å². The summed E-state index contributed by atoms with van der Waals surface area (Å²) in [6.07, 6.45) is 0. The van der Waals surface area contributed by atoms with Crippen molar-refractivity contribution >= 4 is 59.8 Å². The van der Waals surface area contributed by atoms with Gasteiger partial charge in [0.05, 0.1) is 18.5 Å². The molecule has 0 unspecified atom stereocenters. The second kappa shape index (κ2) is 19.7. The monoisotopic (exact) mass is 625 g/mol. The summed E-state index contributed by atoms with van der Waals surface area (Å²) in [5.74, 6) is 0. The molecule has 0 N–H and O–H groups in total. The third-order valence-corrected chi connectivity index (χ3v) is 7.76. The molecule has 0 aliphatic heterocycles. The summed E-state index contributed by atoms with van der Waals surface area (Å²) in [6.45, 7) is 8.82. The molecule has 164 valence electrons. The quantitative estimate of drug-likeness (QED) is 0.224. The van der Waals surface area contributed by atoms with Gasteiger partial charge in [0.25, 0.3) is 0 Å². The minimum absolute atomic E-state index is 0. The largest absolute Gasteiger partial charge is 0.697 e. The Hall–Kier alpha value is 0.712. The summed E-state index contributed by atoms with van der Waals surface area (Å²) >= 11 is 6.47. The maximum atomic E-state index is 12.0. The molecule has 2 rings (SSSR count). The van der Waals surface area contributed by atoms with Gasteiger partial charge in [0.2, 0.25) is 0 Å². The van der Waals surface area contributed by atoms with E-state index in [0.717, 1.165) is 0 Å². The molecule has 0 atom stereocenters. The molecule has 6 nitrogen and oxygen atoms in total. The molecule has 2 aromatic heterocycles. The first kappa shape index (κ1) is 30.9. The van der Waals surface area contributed by atoms with Crippen LogP contribution in [0.3, 0.4) is 0 Å². The van der Waals surface area contributed by atoms with Crippen LogP contribution in [0.25, 0.3) is 0 Å². The van der Waals surface area contributed by atoms with Crippen LogP contribution in [0, 0.1) is 0 Å². The summed E-state index contributed by atoms with van der Waals surface area (Å²) in [4.78, 5) is 0. The first-order valence-corrected chi connectivity index (χ1v) is 13.6. The predicted octanol–water partition coefficient (Wildman–Crippen LogP) is 6.86. The number of rotatable bonds is 9. The SMILES string of the molecule is Brc1ccsc1.CCOP(=O)(OCC)c1ccsc1.CCO[P+](=O)OCC.[Pd]. The Bertz CT molecular complexity index is 626. The summed E-state index contributed by atoms with van der Waals surface area (Å²) in [7, 11) is -4.84. The smallest absolute Gasteiger partial charge is 0.305 e. The Morgan fingerprint density at radius 2 is 1.43 bits per heavy atom. The predicted molar refractivity (Wildman–Crippen MR) is 118 cm³/mol. The van der Waals surface area contributed by atoms with E-state index in [-0.39, 0.29) is 20.4 Å². The van der Waals surface area contributed by atoms with Gasteiger partial charge in [-0.2, -0.15) is 22.7 Å². The molecule has 0 fully saturated rings. The van der Waals surface area contributed by atoms with Gasteiger partial charge in [0.1, 0.15) is 13.2 Å². The molecule has 0 aliphatic rings. The molecule has 0 radical (unpaired) electrons. The van der Waals surface area contributed by atoms with Crippen molar-refractivity contribution < 1.29 is 47.6 Å². The van der Waals surface area contributed by atoms with Gasteiger partial charge in [0, 0.05) is 40.2 Å². The van der Waals surface area contributed by atoms with E-state index >= 15 is 0 Å². The van der Waals surface area contributed by atoms with Gasteiger partial charge in [-0.3, -0.25) is 4.57 Å². The van der Waals surface area contributed by atoms with Crippen molar-refractivity contribution in [2.75, 3.05) is 26.4 Å². The molecule has 0 aliphatic carbocycles. The van der Waals surface area contributed by atoms with Crippen molar-refractivity contribution in [3.63, 3.8) is 0 Å². The zero-order chi connectivity index (χ0) is 20.5. The zero-order valence-corrected chi connectivity index (χ0v) is 22.7. The van der Waals surface area contributed by atoms with Gasteiger partial charge in [-0.15, -0.1) is 9.05 Å². The third-order valence-electron chi connectivity index (χ3n) is 2.38. The Kier molecular flexibility index (Phi) is 21.7. The van der Waals surface area contributed by atoms with Crippen LogP contribution in [0.1, 0.15) is 27.7 Å².